The second-order valence-electron chi connectivity index (χ2n) is 9.03. The minimum atomic E-state index is -0.0745. The minimum absolute atomic E-state index is 0. The first kappa shape index (κ1) is 22.2. The molecule has 0 aliphatic rings. The van der Waals surface area contributed by atoms with E-state index in [1.807, 2.05) is 0 Å². The van der Waals surface area contributed by atoms with Crippen molar-refractivity contribution in [1.29, 1.82) is 5.41 Å². The van der Waals surface area contributed by atoms with Crippen LogP contribution in [-0.4, -0.2) is 5.84 Å². The summed E-state index contributed by atoms with van der Waals surface area (Å²) in [5.74, 6) is 0.151. The number of hydrogen-bond acceptors (Lipinski definition) is 1. The fourth-order valence-corrected chi connectivity index (χ4v) is 3.00. The zero-order valence-corrected chi connectivity index (χ0v) is 17.7. The average Bonchev–Trinajstić information content (AvgIpc) is 2.51. The van der Waals surface area contributed by atoms with Crippen molar-refractivity contribution in [2.45, 2.75) is 64.7 Å². The second-order valence-corrected chi connectivity index (χ2v) is 9.03. The van der Waals surface area contributed by atoms with Crippen LogP contribution in [0.5, 0.6) is 0 Å². The summed E-state index contributed by atoms with van der Waals surface area (Å²) in [6, 6.07) is 17.3. The molecule has 2 aromatic rings. The van der Waals surface area contributed by atoms with E-state index in [0.29, 0.717) is 0 Å². The minimum Gasteiger partial charge on any atom is -0.387 e. The van der Waals surface area contributed by atoms with Crippen LogP contribution in [0, 0.1) is 5.41 Å². The Kier molecular flexibility index (Phi) is 7.07. The van der Waals surface area contributed by atoms with Gasteiger partial charge in [0, 0.05) is 5.92 Å². The van der Waals surface area contributed by atoms with E-state index in [2.05, 4.69) is 90.1 Å². The van der Waals surface area contributed by atoms with Crippen molar-refractivity contribution in [2.24, 2.45) is 5.73 Å². The maximum Gasteiger partial charge on any atom is 0.0985 e. The highest BCUT2D eigenvalue weighted by atomic mass is 35.5. The first-order valence-electron chi connectivity index (χ1n) is 9.02. The number of halogens is 1. The van der Waals surface area contributed by atoms with E-state index in [1.54, 1.807) is 0 Å². The molecule has 2 nitrogen and oxygen atoms in total. The highest BCUT2D eigenvalue weighted by Gasteiger charge is 2.19. The monoisotopic (exact) mass is 372 g/mol. The van der Waals surface area contributed by atoms with Crippen molar-refractivity contribution in [3.8, 4) is 0 Å². The van der Waals surface area contributed by atoms with Crippen LogP contribution >= 0.6 is 12.4 Å². The van der Waals surface area contributed by atoms with E-state index in [9.17, 15) is 0 Å². The summed E-state index contributed by atoms with van der Waals surface area (Å²) >= 11 is 0. The molecule has 0 spiro atoms. The lowest BCUT2D eigenvalue weighted by molar-refractivity contribution is 0.589. The summed E-state index contributed by atoms with van der Waals surface area (Å²) in [5, 5.41) is 8.03. The maximum absolute atomic E-state index is 8.03. The Morgan fingerprint density at radius 2 is 1.19 bits per heavy atom. The van der Waals surface area contributed by atoms with Gasteiger partial charge in [-0.15, -0.1) is 12.4 Å². The Labute approximate surface area is 165 Å². The number of hydrogen-bond donors (Lipinski definition) is 2. The van der Waals surface area contributed by atoms with E-state index < -0.39 is 0 Å². The lowest BCUT2D eigenvalue weighted by atomic mass is 9.83. The smallest absolute Gasteiger partial charge is 0.0985 e. The maximum atomic E-state index is 8.03. The molecule has 1 unspecified atom stereocenters. The number of nitrogens with one attached hydrogen (secondary N) is 1. The van der Waals surface area contributed by atoms with Gasteiger partial charge in [0.15, 0.2) is 0 Å². The fourth-order valence-electron chi connectivity index (χ4n) is 3.00. The molecule has 0 aromatic heterocycles. The van der Waals surface area contributed by atoms with Gasteiger partial charge in [0.2, 0.25) is 0 Å². The molecule has 0 aliphatic heterocycles. The lowest BCUT2D eigenvalue weighted by Crippen LogP contribution is -2.23. The molecule has 0 bridgehead atoms. The first-order chi connectivity index (χ1) is 11.5. The van der Waals surface area contributed by atoms with Crippen molar-refractivity contribution in [2.75, 3.05) is 0 Å². The third-order valence-electron chi connectivity index (χ3n) is 4.81. The van der Waals surface area contributed by atoms with Gasteiger partial charge in [0.05, 0.1) is 5.84 Å². The molecule has 0 radical (unpaired) electrons. The summed E-state index contributed by atoms with van der Waals surface area (Å²) in [6.45, 7) is 13.3. The topological polar surface area (TPSA) is 49.9 Å². The summed E-state index contributed by atoms with van der Waals surface area (Å²) in [5.41, 5.74) is 11.2. The molecule has 0 fully saturated rings. The van der Waals surface area contributed by atoms with Crippen LogP contribution in [0.3, 0.4) is 0 Å². The predicted molar refractivity (Wildman–Crippen MR) is 116 cm³/mol. The number of amidine groups is 1. The Morgan fingerprint density at radius 3 is 1.54 bits per heavy atom. The molecule has 0 aliphatic carbocycles. The summed E-state index contributed by atoms with van der Waals surface area (Å²) < 4.78 is 0. The third-order valence-corrected chi connectivity index (χ3v) is 4.81. The average molecular weight is 373 g/mol. The van der Waals surface area contributed by atoms with Gasteiger partial charge in [-0.3, -0.25) is 5.41 Å². The Bertz CT molecular complexity index is 717. The van der Waals surface area contributed by atoms with Crippen LogP contribution in [0.1, 0.15) is 69.7 Å². The second kappa shape index (κ2) is 8.26. The van der Waals surface area contributed by atoms with Crippen LogP contribution in [-0.2, 0) is 17.3 Å². The van der Waals surface area contributed by atoms with E-state index in [4.69, 9.17) is 11.1 Å². The van der Waals surface area contributed by atoms with Crippen LogP contribution < -0.4 is 5.73 Å². The molecule has 3 heteroatoms. The molecule has 0 saturated carbocycles. The standard InChI is InChI=1S/C23H32N2.ClH/c1-22(2,3)18-11-7-16(8-12-18)15-20(21(24)25)17-9-13-19(14-10-17)23(4,5)6;/h7-14,20H,15H2,1-6H3,(H3,24,25);1H. The molecule has 1 atom stereocenters. The van der Waals surface area contributed by atoms with Gasteiger partial charge in [-0.05, 0) is 39.5 Å². The van der Waals surface area contributed by atoms with Gasteiger partial charge in [0.1, 0.15) is 0 Å². The quantitative estimate of drug-likeness (QED) is 0.504. The van der Waals surface area contributed by atoms with Crippen molar-refractivity contribution >= 4 is 18.2 Å². The molecule has 3 N–H and O–H groups in total. The molecule has 0 heterocycles. The number of benzene rings is 2. The van der Waals surface area contributed by atoms with Gasteiger partial charge in [-0.1, -0.05) is 90.1 Å². The van der Waals surface area contributed by atoms with E-state index in [1.165, 1.54) is 16.7 Å². The van der Waals surface area contributed by atoms with E-state index in [0.717, 1.165) is 12.0 Å². The van der Waals surface area contributed by atoms with Crippen molar-refractivity contribution < 1.29 is 0 Å². The van der Waals surface area contributed by atoms with Crippen LogP contribution in [0.2, 0.25) is 0 Å². The van der Waals surface area contributed by atoms with Crippen LogP contribution in [0.4, 0.5) is 0 Å². The molecule has 142 valence electrons. The zero-order chi connectivity index (χ0) is 18.8. The molecule has 2 rings (SSSR count). The van der Waals surface area contributed by atoms with Crippen LogP contribution in [0.15, 0.2) is 48.5 Å². The molecule has 0 amide bonds. The SMILES string of the molecule is CC(C)(C)c1ccc(CC(C(=N)N)c2ccc(C(C)(C)C)cc2)cc1.Cl. The highest BCUT2D eigenvalue weighted by molar-refractivity contribution is 5.85. The Balaban J connectivity index is 0.00000338. The van der Waals surface area contributed by atoms with Gasteiger partial charge in [-0.2, -0.15) is 0 Å². The largest absolute Gasteiger partial charge is 0.387 e. The normalized spacial score (nSPS) is 13.0. The molecule has 2 aromatic carbocycles. The van der Waals surface area contributed by atoms with Crippen molar-refractivity contribution in [1.82, 2.24) is 0 Å². The predicted octanol–water partition coefficient (Wildman–Crippen LogP) is 5.97. The molecular weight excluding hydrogens is 340 g/mol. The zero-order valence-electron chi connectivity index (χ0n) is 16.9. The first-order valence-corrected chi connectivity index (χ1v) is 9.02. The Morgan fingerprint density at radius 1 is 0.808 bits per heavy atom. The third kappa shape index (κ3) is 5.60. The van der Waals surface area contributed by atoms with Gasteiger partial charge < -0.3 is 5.73 Å². The number of nitrogens with two attached hydrogens (primary N) is 1. The number of rotatable bonds is 4. The van der Waals surface area contributed by atoms with Gasteiger partial charge in [-0.25, -0.2) is 0 Å². The van der Waals surface area contributed by atoms with Crippen LogP contribution in [0.25, 0.3) is 0 Å². The van der Waals surface area contributed by atoms with E-state index in [-0.39, 0.29) is 35.0 Å². The summed E-state index contributed by atoms with van der Waals surface area (Å²) in [7, 11) is 0. The van der Waals surface area contributed by atoms with E-state index >= 15 is 0 Å². The van der Waals surface area contributed by atoms with Gasteiger partial charge >= 0.3 is 0 Å². The summed E-state index contributed by atoms with van der Waals surface area (Å²) in [4.78, 5) is 0. The molecule has 26 heavy (non-hydrogen) atoms. The Hall–Kier alpha value is -1.80. The highest BCUT2D eigenvalue weighted by Crippen LogP contribution is 2.27. The molecule has 0 saturated heterocycles. The van der Waals surface area contributed by atoms with Crippen molar-refractivity contribution in [3.63, 3.8) is 0 Å². The lowest BCUT2D eigenvalue weighted by Gasteiger charge is -2.22. The summed E-state index contributed by atoms with van der Waals surface area (Å²) in [6.07, 6.45) is 0.759. The van der Waals surface area contributed by atoms with Gasteiger partial charge in [0.25, 0.3) is 0 Å². The van der Waals surface area contributed by atoms with Crippen molar-refractivity contribution in [3.05, 3.63) is 70.8 Å². The molecular formula is C23H33ClN2. The fraction of sp³-hybridized carbons (Fsp3) is 0.435.